The molecular formula is C14H25N3O3S2. The first-order chi connectivity index (χ1) is 10.5. The van der Waals surface area contributed by atoms with E-state index in [1.807, 2.05) is 0 Å². The van der Waals surface area contributed by atoms with E-state index < -0.39 is 15.9 Å². The van der Waals surface area contributed by atoms with Crippen molar-refractivity contribution in [2.24, 2.45) is 10.7 Å². The molecule has 0 aliphatic heterocycles. The zero-order chi connectivity index (χ0) is 16.4. The van der Waals surface area contributed by atoms with Gasteiger partial charge >= 0.3 is 0 Å². The van der Waals surface area contributed by atoms with Gasteiger partial charge in [0.05, 0.1) is 18.4 Å². The van der Waals surface area contributed by atoms with E-state index in [-0.39, 0.29) is 22.5 Å². The Bertz CT molecular complexity index is 542. The molecule has 0 saturated carbocycles. The average molecular weight is 348 g/mol. The molecule has 0 fully saturated rings. The topological polar surface area (TPSA) is 105 Å². The SMILES string of the molecule is CCCCCCNC(N)=NCC(O)CS(=O)(=O)c1cccs1. The maximum atomic E-state index is 12.0. The van der Waals surface area contributed by atoms with Crippen LogP contribution in [0.4, 0.5) is 0 Å². The summed E-state index contributed by atoms with van der Waals surface area (Å²) in [5.41, 5.74) is 5.68. The van der Waals surface area contributed by atoms with E-state index in [0.717, 1.165) is 30.7 Å². The predicted octanol–water partition coefficient (Wildman–Crippen LogP) is 1.37. The summed E-state index contributed by atoms with van der Waals surface area (Å²) in [6.45, 7) is 2.85. The molecule has 0 aliphatic rings. The molecule has 1 heterocycles. The molecule has 0 saturated heterocycles. The fraction of sp³-hybridized carbons (Fsp3) is 0.643. The van der Waals surface area contributed by atoms with Crippen LogP contribution < -0.4 is 11.1 Å². The second kappa shape index (κ2) is 9.81. The van der Waals surface area contributed by atoms with Gasteiger partial charge in [0.15, 0.2) is 15.8 Å². The number of thiophene rings is 1. The summed E-state index contributed by atoms with van der Waals surface area (Å²) >= 11 is 1.14. The molecule has 1 aromatic heterocycles. The minimum atomic E-state index is -3.45. The highest BCUT2D eigenvalue weighted by molar-refractivity contribution is 7.93. The molecule has 4 N–H and O–H groups in total. The summed E-state index contributed by atoms with van der Waals surface area (Å²) in [5, 5.41) is 14.5. The zero-order valence-corrected chi connectivity index (χ0v) is 14.5. The lowest BCUT2D eigenvalue weighted by atomic mass is 10.2. The molecule has 0 bridgehead atoms. The number of unbranched alkanes of at least 4 members (excludes halogenated alkanes) is 3. The molecule has 0 spiro atoms. The lowest BCUT2D eigenvalue weighted by Gasteiger charge is -2.09. The molecule has 8 heteroatoms. The van der Waals surface area contributed by atoms with Crippen molar-refractivity contribution in [2.75, 3.05) is 18.8 Å². The van der Waals surface area contributed by atoms with Crippen LogP contribution in [0.2, 0.25) is 0 Å². The van der Waals surface area contributed by atoms with Gasteiger partial charge in [0, 0.05) is 6.54 Å². The van der Waals surface area contributed by atoms with E-state index in [2.05, 4.69) is 17.2 Å². The molecule has 1 unspecified atom stereocenters. The Morgan fingerprint density at radius 1 is 1.45 bits per heavy atom. The third-order valence-corrected chi connectivity index (χ3v) is 6.31. The monoisotopic (exact) mass is 347 g/mol. The van der Waals surface area contributed by atoms with Gasteiger partial charge in [0.2, 0.25) is 0 Å². The molecule has 126 valence electrons. The lowest BCUT2D eigenvalue weighted by molar-refractivity contribution is 0.206. The highest BCUT2D eigenvalue weighted by Gasteiger charge is 2.20. The summed E-state index contributed by atoms with van der Waals surface area (Å²) in [6, 6.07) is 3.20. The van der Waals surface area contributed by atoms with Gasteiger partial charge in [0.1, 0.15) is 4.21 Å². The molecule has 0 amide bonds. The van der Waals surface area contributed by atoms with E-state index in [9.17, 15) is 13.5 Å². The van der Waals surface area contributed by atoms with Gasteiger partial charge in [0.25, 0.3) is 0 Å². The van der Waals surface area contributed by atoms with E-state index in [1.54, 1.807) is 11.4 Å². The van der Waals surface area contributed by atoms with Gasteiger partial charge in [-0.05, 0) is 17.9 Å². The summed E-state index contributed by atoms with van der Waals surface area (Å²) in [5.74, 6) is -0.107. The summed E-state index contributed by atoms with van der Waals surface area (Å²) in [6.07, 6.45) is 3.46. The maximum Gasteiger partial charge on any atom is 0.190 e. The van der Waals surface area contributed by atoms with Gasteiger partial charge in [-0.25, -0.2) is 8.42 Å². The third-order valence-electron chi connectivity index (χ3n) is 3.02. The van der Waals surface area contributed by atoms with Gasteiger partial charge in [-0.2, -0.15) is 0 Å². The van der Waals surface area contributed by atoms with Crippen molar-refractivity contribution in [3.8, 4) is 0 Å². The summed E-state index contributed by atoms with van der Waals surface area (Å²) in [7, 11) is -3.45. The lowest BCUT2D eigenvalue weighted by Crippen LogP contribution is -2.34. The van der Waals surface area contributed by atoms with Crippen LogP contribution in [0.5, 0.6) is 0 Å². The van der Waals surface area contributed by atoms with Crippen molar-refractivity contribution in [3.63, 3.8) is 0 Å². The van der Waals surface area contributed by atoms with Crippen LogP contribution in [0.1, 0.15) is 32.6 Å². The molecule has 0 aromatic carbocycles. The maximum absolute atomic E-state index is 12.0. The van der Waals surface area contributed by atoms with Crippen LogP contribution in [0.15, 0.2) is 26.7 Å². The second-order valence-corrected chi connectivity index (χ2v) is 8.29. The van der Waals surface area contributed by atoms with Crippen molar-refractivity contribution < 1.29 is 13.5 Å². The Balaban J connectivity index is 2.32. The smallest absolute Gasteiger partial charge is 0.190 e. The largest absolute Gasteiger partial charge is 0.390 e. The first kappa shape index (κ1) is 18.9. The fourth-order valence-electron chi connectivity index (χ4n) is 1.86. The Morgan fingerprint density at radius 3 is 2.86 bits per heavy atom. The van der Waals surface area contributed by atoms with E-state index in [4.69, 9.17) is 5.73 Å². The van der Waals surface area contributed by atoms with Crippen LogP contribution >= 0.6 is 11.3 Å². The van der Waals surface area contributed by atoms with Crippen molar-refractivity contribution >= 4 is 27.1 Å². The number of guanidine groups is 1. The second-order valence-electron chi connectivity index (χ2n) is 5.08. The van der Waals surface area contributed by atoms with Gasteiger partial charge in [-0.1, -0.05) is 32.3 Å². The number of nitrogens with two attached hydrogens (primary N) is 1. The number of nitrogens with one attached hydrogen (secondary N) is 1. The van der Waals surface area contributed by atoms with Gasteiger partial charge in [-0.3, -0.25) is 4.99 Å². The minimum Gasteiger partial charge on any atom is -0.390 e. The third kappa shape index (κ3) is 7.24. The molecule has 0 aliphatic carbocycles. The Morgan fingerprint density at radius 2 is 2.23 bits per heavy atom. The van der Waals surface area contributed by atoms with E-state index >= 15 is 0 Å². The molecule has 1 rings (SSSR count). The summed E-state index contributed by atoms with van der Waals surface area (Å²) in [4.78, 5) is 3.98. The number of aliphatic hydroxyl groups is 1. The van der Waals surface area contributed by atoms with Crippen LogP contribution in [-0.4, -0.2) is 44.4 Å². The number of aliphatic imine (C=N–C) groups is 1. The van der Waals surface area contributed by atoms with Crippen LogP contribution in [0, 0.1) is 0 Å². The van der Waals surface area contributed by atoms with Crippen LogP contribution in [-0.2, 0) is 9.84 Å². The summed E-state index contributed by atoms with van der Waals surface area (Å²) < 4.78 is 24.2. The number of hydrogen-bond acceptors (Lipinski definition) is 5. The van der Waals surface area contributed by atoms with E-state index in [1.165, 1.54) is 18.9 Å². The molecule has 1 aromatic rings. The van der Waals surface area contributed by atoms with Crippen molar-refractivity contribution in [2.45, 2.75) is 42.9 Å². The quantitative estimate of drug-likeness (QED) is 0.337. The van der Waals surface area contributed by atoms with E-state index in [0.29, 0.717) is 0 Å². The number of hydrogen-bond donors (Lipinski definition) is 3. The predicted molar refractivity (Wildman–Crippen MR) is 91.0 cm³/mol. The Labute approximate surface area is 136 Å². The van der Waals surface area contributed by atoms with Crippen molar-refractivity contribution in [1.29, 1.82) is 0 Å². The number of sulfone groups is 1. The molecule has 6 nitrogen and oxygen atoms in total. The highest BCUT2D eigenvalue weighted by atomic mass is 32.2. The van der Waals surface area contributed by atoms with Crippen LogP contribution in [0.25, 0.3) is 0 Å². The molecule has 1 atom stereocenters. The Hall–Kier alpha value is -1.12. The number of aliphatic hydroxyl groups excluding tert-OH is 1. The van der Waals surface area contributed by atoms with Gasteiger partial charge in [-0.15, -0.1) is 11.3 Å². The minimum absolute atomic E-state index is 0.0294. The van der Waals surface area contributed by atoms with Crippen molar-refractivity contribution in [3.05, 3.63) is 17.5 Å². The average Bonchev–Trinajstić information content (AvgIpc) is 2.99. The molecular weight excluding hydrogens is 322 g/mol. The highest BCUT2D eigenvalue weighted by Crippen LogP contribution is 2.18. The molecule has 0 radical (unpaired) electrons. The first-order valence-electron chi connectivity index (χ1n) is 7.44. The fourth-order valence-corrected chi connectivity index (χ4v) is 4.32. The molecule has 22 heavy (non-hydrogen) atoms. The number of nitrogens with zero attached hydrogens (tertiary/aromatic N) is 1. The zero-order valence-electron chi connectivity index (χ0n) is 12.9. The first-order valence-corrected chi connectivity index (χ1v) is 9.97. The van der Waals surface area contributed by atoms with Gasteiger partial charge < -0.3 is 16.2 Å². The van der Waals surface area contributed by atoms with Crippen LogP contribution in [0.3, 0.4) is 0 Å². The van der Waals surface area contributed by atoms with Crippen molar-refractivity contribution in [1.82, 2.24) is 5.32 Å². The normalized spacial score (nSPS) is 14.0. The number of rotatable bonds is 10. The Kier molecular flexibility index (Phi) is 8.44. The standard InChI is InChI=1S/C14H25N3O3S2/c1-2-3-4-5-8-16-14(15)17-10-12(18)11-22(19,20)13-7-6-9-21-13/h6-7,9,12,18H,2-5,8,10-11H2,1H3,(H3,15,16,17).